The summed E-state index contributed by atoms with van der Waals surface area (Å²) in [4.78, 5) is 23.0. The largest absolute Gasteiger partial charge is 0.484 e. The highest BCUT2D eigenvalue weighted by Crippen LogP contribution is 2.27. The van der Waals surface area contributed by atoms with Crippen molar-refractivity contribution in [2.24, 2.45) is 5.92 Å². The second-order valence-corrected chi connectivity index (χ2v) is 5.39. The van der Waals surface area contributed by atoms with Crippen LogP contribution in [0.15, 0.2) is 24.3 Å². The molecular formula is C16H24ClN3O3. The summed E-state index contributed by atoms with van der Waals surface area (Å²) in [6, 6.07) is 6.97. The Hall–Kier alpha value is -1.79. The van der Waals surface area contributed by atoms with Crippen LogP contribution in [0.1, 0.15) is 19.8 Å². The minimum Gasteiger partial charge on any atom is -0.484 e. The lowest BCUT2D eigenvalue weighted by Crippen LogP contribution is -2.29. The average Bonchev–Trinajstić information content (AvgIpc) is 3.31. The van der Waals surface area contributed by atoms with E-state index in [9.17, 15) is 9.59 Å². The molecule has 0 saturated heterocycles. The van der Waals surface area contributed by atoms with E-state index in [1.165, 1.54) is 12.8 Å². The third kappa shape index (κ3) is 7.85. The molecule has 0 aromatic heterocycles. The Bertz CT molecular complexity index is 504. The fourth-order valence-corrected chi connectivity index (χ4v) is 1.95. The number of hydrogen-bond donors (Lipinski definition) is 3. The predicted molar refractivity (Wildman–Crippen MR) is 92.1 cm³/mol. The molecule has 1 aromatic rings. The zero-order chi connectivity index (χ0) is 15.8. The first-order valence-corrected chi connectivity index (χ1v) is 7.67. The summed E-state index contributed by atoms with van der Waals surface area (Å²) in [7, 11) is 0. The molecule has 3 N–H and O–H groups in total. The number of rotatable bonds is 9. The molecule has 0 radical (unpaired) electrons. The number of nitrogens with one attached hydrogen (secondary N) is 3. The summed E-state index contributed by atoms with van der Waals surface area (Å²) < 4.78 is 5.34. The van der Waals surface area contributed by atoms with Gasteiger partial charge in [-0.3, -0.25) is 9.59 Å². The van der Waals surface area contributed by atoms with E-state index in [1.807, 2.05) is 6.92 Å². The molecule has 0 bridgehead atoms. The summed E-state index contributed by atoms with van der Waals surface area (Å²) in [5, 5.41) is 8.61. The van der Waals surface area contributed by atoms with E-state index in [4.69, 9.17) is 4.74 Å². The summed E-state index contributed by atoms with van der Waals surface area (Å²) >= 11 is 0. The Labute approximate surface area is 142 Å². The minimum atomic E-state index is -0.151. The van der Waals surface area contributed by atoms with Gasteiger partial charge in [0.1, 0.15) is 5.75 Å². The number of carbonyl (C=O) groups is 2. The molecule has 1 aliphatic carbocycles. The normalized spacial score (nSPS) is 12.9. The number of hydrogen-bond acceptors (Lipinski definition) is 4. The first kappa shape index (κ1) is 19.3. The maximum absolute atomic E-state index is 11.7. The topological polar surface area (TPSA) is 79.5 Å². The average molecular weight is 342 g/mol. The van der Waals surface area contributed by atoms with Gasteiger partial charge < -0.3 is 20.7 Å². The molecule has 0 heterocycles. The molecular weight excluding hydrogens is 318 g/mol. The quantitative estimate of drug-likeness (QED) is 0.637. The lowest BCUT2D eigenvalue weighted by molar-refractivity contribution is -0.123. The molecule has 6 nitrogen and oxygen atoms in total. The molecule has 23 heavy (non-hydrogen) atoms. The van der Waals surface area contributed by atoms with Crippen LogP contribution in [0.25, 0.3) is 0 Å². The summed E-state index contributed by atoms with van der Waals surface area (Å²) in [6.07, 6.45) is 2.54. The third-order valence-electron chi connectivity index (χ3n) is 3.30. The van der Waals surface area contributed by atoms with Crippen LogP contribution in [0.4, 0.5) is 5.69 Å². The molecule has 1 saturated carbocycles. The first-order valence-electron chi connectivity index (χ1n) is 7.67. The molecule has 1 aliphatic rings. The van der Waals surface area contributed by atoms with Crippen molar-refractivity contribution in [3.8, 4) is 5.75 Å². The second-order valence-electron chi connectivity index (χ2n) is 5.39. The molecule has 0 spiro atoms. The predicted octanol–water partition coefficient (Wildman–Crippen LogP) is 1.56. The molecule has 7 heteroatoms. The Balaban J connectivity index is 0.00000264. The SMILES string of the molecule is CCNC(=O)COc1ccc(NC(=O)CNCC2CC2)cc1.Cl. The fourth-order valence-electron chi connectivity index (χ4n) is 1.95. The molecule has 0 aliphatic heterocycles. The van der Waals surface area contributed by atoms with Gasteiger partial charge in [0.05, 0.1) is 6.54 Å². The van der Waals surface area contributed by atoms with Gasteiger partial charge in [-0.05, 0) is 56.5 Å². The van der Waals surface area contributed by atoms with Crippen LogP contribution in [0.5, 0.6) is 5.75 Å². The van der Waals surface area contributed by atoms with Crippen molar-refractivity contribution in [1.29, 1.82) is 0 Å². The number of halogens is 1. The molecule has 2 amide bonds. The lowest BCUT2D eigenvalue weighted by Gasteiger charge is -2.09. The van der Waals surface area contributed by atoms with E-state index in [2.05, 4.69) is 16.0 Å². The van der Waals surface area contributed by atoms with Crippen LogP contribution in [0.2, 0.25) is 0 Å². The van der Waals surface area contributed by atoms with Crippen molar-refractivity contribution in [1.82, 2.24) is 10.6 Å². The molecule has 2 rings (SSSR count). The summed E-state index contributed by atoms with van der Waals surface area (Å²) in [5.41, 5.74) is 0.712. The van der Waals surface area contributed by atoms with Crippen molar-refractivity contribution in [2.75, 3.05) is 31.6 Å². The molecule has 1 fully saturated rings. The number of amides is 2. The minimum absolute atomic E-state index is 0. The monoisotopic (exact) mass is 341 g/mol. The Morgan fingerprint density at radius 2 is 1.87 bits per heavy atom. The first-order chi connectivity index (χ1) is 10.7. The van der Waals surface area contributed by atoms with Crippen molar-refractivity contribution in [2.45, 2.75) is 19.8 Å². The Morgan fingerprint density at radius 1 is 1.17 bits per heavy atom. The van der Waals surface area contributed by atoms with Gasteiger partial charge in [0, 0.05) is 12.2 Å². The van der Waals surface area contributed by atoms with Crippen molar-refractivity contribution in [3.63, 3.8) is 0 Å². The molecule has 128 valence electrons. The highest BCUT2D eigenvalue weighted by Gasteiger charge is 2.20. The van der Waals surface area contributed by atoms with Gasteiger partial charge in [0.15, 0.2) is 6.61 Å². The number of benzene rings is 1. The standard InChI is InChI=1S/C16H23N3O3.ClH/c1-2-18-16(21)11-22-14-7-5-13(6-8-14)19-15(20)10-17-9-12-3-4-12;/h5-8,12,17H,2-4,9-11H2,1H3,(H,18,21)(H,19,20);1H. The van der Waals surface area contributed by atoms with Crippen LogP contribution < -0.4 is 20.7 Å². The molecule has 1 aromatic carbocycles. The summed E-state index contributed by atoms with van der Waals surface area (Å²) in [6.45, 7) is 3.67. The zero-order valence-electron chi connectivity index (χ0n) is 13.3. The zero-order valence-corrected chi connectivity index (χ0v) is 14.1. The van der Waals surface area contributed by atoms with Gasteiger partial charge in [-0.25, -0.2) is 0 Å². The van der Waals surface area contributed by atoms with Crippen LogP contribution >= 0.6 is 12.4 Å². The Morgan fingerprint density at radius 3 is 2.48 bits per heavy atom. The maximum atomic E-state index is 11.7. The van der Waals surface area contributed by atoms with E-state index >= 15 is 0 Å². The second kappa shape index (κ2) is 10.1. The van der Waals surface area contributed by atoms with E-state index in [0.29, 0.717) is 24.5 Å². The van der Waals surface area contributed by atoms with Gasteiger partial charge in [-0.2, -0.15) is 0 Å². The summed E-state index contributed by atoms with van der Waals surface area (Å²) in [5.74, 6) is 1.14. The van der Waals surface area contributed by atoms with Crippen LogP contribution in [0.3, 0.4) is 0 Å². The molecule has 0 unspecified atom stereocenters. The fraction of sp³-hybridized carbons (Fsp3) is 0.500. The maximum Gasteiger partial charge on any atom is 0.257 e. The van der Waals surface area contributed by atoms with Gasteiger partial charge in [-0.1, -0.05) is 0 Å². The van der Waals surface area contributed by atoms with Crippen molar-refractivity contribution in [3.05, 3.63) is 24.3 Å². The van der Waals surface area contributed by atoms with Gasteiger partial charge in [0.25, 0.3) is 5.91 Å². The number of ether oxygens (including phenoxy) is 1. The van der Waals surface area contributed by atoms with E-state index in [-0.39, 0.29) is 30.8 Å². The van der Waals surface area contributed by atoms with E-state index < -0.39 is 0 Å². The van der Waals surface area contributed by atoms with Gasteiger partial charge in [-0.15, -0.1) is 12.4 Å². The lowest BCUT2D eigenvalue weighted by atomic mass is 10.3. The van der Waals surface area contributed by atoms with Gasteiger partial charge >= 0.3 is 0 Å². The number of anilines is 1. The number of carbonyl (C=O) groups excluding carboxylic acids is 2. The smallest absolute Gasteiger partial charge is 0.257 e. The van der Waals surface area contributed by atoms with Gasteiger partial charge in [0.2, 0.25) is 5.91 Å². The van der Waals surface area contributed by atoms with Crippen LogP contribution in [-0.4, -0.2) is 38.1 Å². The third-order valence-corrected chi connectivity index (χ3v) is 3.30. The van der Waals surface area contributed by atoms with E-state index in [1.54, 1.807) is 24.3 Å². The van der Waals surface area contributed by atoms with E-state index in [0.717, 1.165) is 12.5 Å². The molecule has 0 atom stereocenters. The van der Waals surface area contributed by atoms with Crippen LogP contribution in [0, 0.1) is 5.92 Å². The highest BCUT2D eigenvalue weighted by atomic mass is 35.5. The van der Waals surface area contributed by atoms with Crippen molar-refractivity contribution >= 4 is 29.9 Å². The van der Waals surface area contributed by atoms with Crippen molar-refractivity contribution < 1.29 is 14.3 Å². The van der Waals surface area contributed by atoms with Crippen LogP contribution in [-0.2, 0) is 9.59 Å². The Kier molecular flexibility index (Phi) is 8.43. The number of likely N-dealkylation sites (N-methyl/N-ethyl adjacent to an activating group) is 1. The highest BCUT2D eigenvalue weighted by molar-refractivity contribution is 5.92.